The fourth-order valence-corrected chi connectivity index (χ4v) is 3.71. The molecule has 9 heteroatoms. The average Bonchev–Trinajstić information content (AvgIpc) is 3.33. The Labute approximate surface area is 160 Å². The van der Waals surface area contributed by atoms with Crippen molar-refractivity contribution in [3.63, 3.8) is 0 Å². The molecule has 3 heterocycles. The average molecular weight is 382 g/mol. The molecule has 1 saturated heterocycles. The fraction of sp³-hybridized carbons (Fsp3) is 0.368. The van der Waals surface area contributed by atoms with Gasteiger partial charge in [-0.05, 0) is 25.0 Å². The molecule has 3 aromatic rings. The SMILES string of the molecule is Cn1c(=O)[nH]c(=O)c2c1ncn2CC(=O)N1CCC[C@@H]1CNc1ccccc1. The molecule has 1 aliphatic rings. The molecule has 1 aliphatic heterocycles. The van der Waals surface area contributed by atoms with Gasteiger partial charge in [-0.2, -0.15) is 0 Å². The normalized spacial score (nSPS) is 16.6. The summed E-state index contributed by atoms with van der Waals surface area (Å²) in [5.74, 6) is -0.0649. The van der Waals surface area contributed by atoms with E-state index in [0.29, 0.717) is 13.1 Å². The summed E-state index contributed by atoms with van der Waals surface area (Å²) in [5.41, 5.74) is 0.460. The molecule has 0 radical (unpaired) electrons. The number of nitrogens with one attached hydrogen (secondary N) is 2. The van der Waals surface area contributed by atoms with Crippen LogP contribution in [0.2, 0.25) is 0 Å². The highest BCUT2D eigenvalue weighted by Gasteiger charge is 2.29. The summed E-state index contributed by atoms with van der Waals surface area (Å²) in [7, 11) is 1.53. The van der Waals surface area contributed by atoms with Crippen molar-refractivity contribution in [2.24, 2.45) is 7.05 Å². The molecule has 4 rings (SSSR count). The zero-order valence-corrected chi connectivity index (χ0v) is 15.6. The van der Waals surface area contributed by atoms with Crippen LogP contribution in [-0.2, 0) is 18.4 Å². The molecule has 0 unspecified atom stereocenters. The van der Waals surface area contributed by atoms with Gasteiger partial charge in [0, 0.05) is 31.9 Å². The van der Waals surface area contributed by atoms with E-state index in [2.05, 4.69) is 15.3 Å². The van der Waals surface area contributed by atoms with Gasteiger partial charge in [0.2, 0.25) is 5.91 Å². The number of para-hydroxylation sites is 1. The molecule has 1 atom stereocenters. The third-order valence-electron chi connectivity index (χ3n) is 5.19. The van der Waals surface area contributed by atoms with Gasteiger partial charge in [0.05, 0.1) is 6.33 Å². The molecule has 9 nitrogen and oxygen atoms in total. The molecule has 1 amide bonds. The summed E-state index contributed by atoms with van der Waals surface area (Å²) in [6.07, 6.45) is 3.32. The summed E-state index contributed by atoms with van der Waals surface area (Å²) >= 11 is 0. The van der Waals surface area contributed by atoms with Crippen molar-refractivity contribution in [1.82, 2.24) is 24.0 Å². The minimum absolute atomic E-state index is 0.0135. The van der Waals surface area contributed by atoms with E-state index in [1.165, 1.54) is 22.5 Å². The molecule has 1 aromatic carbocycles. The summed E-state index contributed by atoms with van der Waals surface area (Å²) < 4.78 is 2.77. The third-order valence-corrected chi connectivity index (χ3v) is 5.19. The molecule has 0 aliphatic carbocycles. The van der Waals surface area contributed by atoms with Crippen molar-refractivity contribution in [1.29, 1.82) is 0 Å². The molecule has 1 fully saturated rings. The second kappa shape index (κ2) is 7.34. The van der Waals surface area contributed by atoms with Crippen molar-refractivity contribution in [3.8, 4) is 0 Å². The summed E-state index contributed by atoms with van der Waals surface area (Å²) in [6.45, 7) is 1.39. The van der Waals surface area contributed by atoms with E-state index in [-0.39, 0.29) is 29.7 Å². The van der Waals surface area contributed by atoms with Crippen LogP contribution in [-0.4, -0.2) is 49.0 Å². The highest BCUT2D eigenvalue weighted by molar-refractivity contribution is 5.79. The zero-order valence-electron chi connectivity index (χ0n) is 15.6. The van der Waals surface area contributed by atoms with Crippen molar-refractivity contribution in [2.75, 3.05) is 18.4 Å². The Hall–Kier alpha value is -3.36. The molecular formula is C19H22N6O3. The Morgan fingerprint density at radius 1 is 1.29 bits per heavy atom. The molecule has 0 spiro atoms. The number of hydrogen-bond acceptors (Lipinski definition) is 5. The number of aromatic nitrogens is 4. The van der Waals surface area contributed by atoms with E-state index >= 15 is 0 Å². The first-order valence-corrected chi connectivity index (χ1v) is 9.27. The summed E-state index contributed by atoms with van der Waals surface area (Å²) in [6, 6.07) is 9.99. The Balaban J connectivity index is 1.50. The van der Waals surface area contributed by atoms with Crippen LogP contribution in [0.1, 0.15) is 12.8 Å². The number of carbonyl (C=O) groups is 1. The van der Waals surface area contributed by atoms with Crippen molar-refractivity contribution in [2.45, 2.75) is 25.4 Å². The standard InChI is InChI=1S/C19H22N6O3/c1-23-17-16(18(27)22-19(23)28)24(12-21-17)11-15(26)25-9-5-8-14(25)10-20-13-6-3-2-4-7-13/h2-4,6-7,12,14,20H,5,8-11H2,1H3,(H,22,27,28)/t14-/m1/s1. The fourth-order valence-electron chi connectivity index (χ4n) is 3.71. The number of likely N-dealkylation sites (tertiary alicyclic amines) is 1. The van der Waals surface area contributed by atoms with Crippen LogP contribution >= 0.6 is 0 Å². The number of amides is 1. The van der Waals surface area contributed by atoms with Crippen LogP contribution in [0.15, 0.2) is 46.2 Å². The number of rotatable bonds is 5. The van der Waals surface area contributed by atoms with Gasteiger partial charge in [0.25, 0.3) is 5.56 Å². The smallest absolute Gasteiger partial charge is 0.329 e. The minimum atomic E-state index is -0.535. The minimum Gasteiger partial charge on any atom is -0.383 e. The number of nitrogens with zero attached hydrogens (tertiary/aromatic N) is 4. The Morgan fingerprint density at radius 2 is 2.07 bits per heavy atom. The molecule has 0 bridgehead atoms. The van der Waals surface area contributed by atoms with Crippen LogP contribution in [0, 0.1) is 0 Å². The largest absolute Gasteiger partial charge is 0.383 e. The number of aryl methyl sites for hydroxylation is 1. The number of H-pyrrole nitrogens is 1. The molecule has 28 heavy (non-hydrogen) atoms. The van der Waals surface area contributed by atoms with Gasteiger partial charge < -0.3 is 14.8 Å². The number of aromatic amines is 1. The second-order valence-corrected chi connectivity index (χ2v) is 6.99. The van der Waals surface area contributed by atoms with E-state index in [1.807, 2.05) is 35.2 Å². The van der Waals surface area contributed by atoms with Crippen LogP contribution in [0.25, 0.3) is 11.2 Å². The number of fused-ring (bicyclic) bond motifs is 1. The molecule has 0 saturated carbocycles. The lowest BCUT2D eigenvalue weighted by Crippen LogP contribution is -2.41. The monoisotopic (exact) mass is 382 g/mol. The molecule has 2 aromatic heterocycles. The van der Waals surface area contributed by atoms with Gasteiger partial charge in [0.1, 0.15) is 6.54 Å². The van der Waals surface area contributed by atoms with Crippen LogP contribution < -0.4 is 16.6 Å². The van der Waals surface area contributed by atoms with E-state index in [1.54, 1.807) is 0 Å². The van der Waals surface area contributed by atoms with E-state index in [9.17, 15) is 14.4 Å². The van der Waals surface area contributed by atoms with Crippen molar-refractivity contribution in [3.05, 3.63) is 57.5 Å². The number of carbonyl (C=O) groups excluding carboxylic acids is 1. The Bertz CT molecular complexity index is 1110. The van der Waals surface area contributed by atoms with Crippen molar-refractivity contribution < 1.29 is 4.79 Å². The van der Waals surface area contributed by atoms with E-state index < -0.39 is 11.2 Å². The van der Waals surface area contributed by atoms with Gasteiger partial charge in [0.15, 0.2) is 11.2 Å². The Morgan fingerprint density at radius 3 is 2.86 bits per heavy atom. The number of anilines is 1. The third kappa shape index (κ3) is 3.30. The van der Waals surface area contributed by atoms with Crippen LogP contribution in [0.4, 0.5) is 5.69 Å². The lowest BCUT2D eigenvalue weighted by molar-refractivity contribution is -0.132. The maximum absolute atomic E-state index is 12.9. The van der Waals surface area contributed by atoms with E-state index in [0.717, 1.165) is 18.5 Å². The lowest BCUT2D eigenvalue weighted by Gasteiger charge is -2.25. The first-order valence-electron chi connectivity index (χ1n) is 9.27. The highest BCUT2D eigenvalue weighted by atomic mass is 16.2. The maximum atomic E-state index is 12.9. The topological polar surface area (TPSA) is 105 Å². The maximum Gasteiger partial charge on any atom is 0.329 e. The lowest BCUT2D eigenvalue weighted by atomic mass is 10.2. The summed E-state index contributed by atoms with van der Waals surface area (Å²) in [5, 5.41) is 3.38. The molecular weight excluding hydrogens is 360 g/mol. The van der Waals surface area contributed by atoms with Crippen LogP contribution in [0.3, 0.4) is 0 Å². The predicted molar refractivity (Wildman–Crippen MR) is 105 cm³/mol. The second-order valence-electron chi connectivity index (χ2n) is 6.99. The number of benzene rings is 1. The van der Waals surface area contributed by atoms with E-state index in [4.69, 9.17) is 0 Å². The van der Waals surface area contributed by atoms with Crippen LogP contribution in [0.5, 0.6) is 0 Å². The Kier molecular flexibility index (Phi) is 4.72. The highest BCUT2D eigenvalue weighted by Crippen LogP contribution is 2.19. The predicted octanol–water partition coefficient (Wildman–Crippen LogP) is 0.526. The molecule has 2 N–H and O–H groups in total. The van der Waals surface area contributed by atoms with Gasteiger partial charge in [-0.3, -0.25) is 19.1 Å². The first kappa shape index (κ1) is 18.0. The van der Waals surface area contributed by atoms with Gasteiger partial charge in [-0.1, -0.05) is 18.2 Å². The van der Waals surface area contributed by atoms with Gasteiger partial charge in [-0.25, -0.2) is 9.78 Å². The van der Waals surface area contributed by atoms with Gasteiger partial charge >= 0.3 is 5.69 Å². The zero-order chi connectivity index (χ0) is 19.7. The number of imidazole rings is 1. The quantitative estimate of drug-likeness (QED) is 0.670. The van der Waals surface area contributed by atoms with Crippen molar-refractivity contribution >= 4 is 22.8 Å². The van der Waals surface area contributed by atoms with Gasteiger partial charge in [-0.15, -0.1) is 0 Å². The first-order chi connectivity index (χ1) is 13.5. The summed E-state index contributed by atoms with van der Waals surface area (Å²) in [4.78, 5) is 45.1. The number of hydrogen-bond donors (Lipinski definition) is 2. The molecule has 146 valence electrons.